The van der Waals surface area contributed by atoms with E-state index in [-0.39, 0.29) is 17.5 Å². The Labute approximate surface area is 149 Å². The fourth-order valence-corrected chi connectivity index (χ4v) is 3.02. The lowest BCUT2D eigenvalue weighted by atomic mass is 9.97. The molecule has 1 aromatic carbocycles. The largest absolute Gasteiger partial charge is 0.465 e. The smallest absolute Gasteiger partial charge is 0.413 e. The van der Waals surface area contributed by atoms with Crippen LogP contribution in [-0.4, -0.2) is 52.6 Å². The molecule has 0 bridgehead atoms. The van der Waals surface area contributed by atoms with Gasteiger partial charge in [-0.25, -0.2) is 14.6 Å². The highest BCUT2D eigenvalue weighted by molar-refractivity contribution is 8.14. The second-order valence-electron chi connectivity index (χ2n) is 5.06. The number of aliphatic imine (C=N–C) groups is 1. The van der Waals surface area contributed by atoms with Gasteiger partial charge in [0.1, 0.15) is 6.29 Å². The quantitative estimate of drug-likeness (QED) is 0.481. The van der Waals surface area contributed by atoms with Gasteiger partial charge in [0.2, 0.25) is 0 Å². The SMILES string of the molecule is CCOC(=O)NC(=NC1c2ccccc2CCN1C(=O)O)SCC=O. The minimum absolute atomic E-state index is 0.0761. The number of fused-ring (bicyclic) bond motifs is 1. The van der Waals surface area contributed by atoms with Gasteiger partial charge in [-0.2, -0.15) is 0 Å². The van der Waals surface area contributed by atoms with Crippen molar-refractivity contribution in [3.63, 3.8) is 0 Å². The van der Waals surface area contributed by atoms with Crippen LogP contribution in [0.5, 0.6) is 0 Å². The maximum Gasteiger partial charge on any atom is 0.413 e. The van der Waals surface area contributed by atoms with E-state index in [1.807, 2.05) is 24.3 Å². The second kappa shape index (κ2) is 9.07. The summed E-state index contributed by atoms with van der Waals surface area (Å²) in [6.07, 6.45) is -1.32. The van der Waals surface area contributed by atoms with Gasteiger partial charge in [-0.05, 0) is 18.9 Å². The highest BCUT2D eigenvalue weighted by atomic mass is 32.2. The summed E-state index contributed by atoms with van der Waals surface area (Å²) in [5.74, 6) is 0.0761. The number of benzene rings is 1. The van der Waals surface area contributed by atoms with E-state index in [0.29, 0.717) is 19.3 Å². The molecule has 0 aliphatic carbocycles. The fourth-order valence-electron chi connectivity index (χ4n) is 2.47. The molecule has 1 aromatic rings. The lowest BCUT2D eigenvalue weighted by molar-refractivity contribution is -0.105. The van der Waals surface area contributed by atoms with Crippen LogP contribution in [0.3, 0.4) is 0 Å². The van der Waals surface area contributed by atoms with Gasteiger partial charge < -0.3 is 14.6 Å². The summed E-state index contributed by atoms with van der Waals surface area (Å²) in [7, 11) is 0. The van der Waals surface area contributed by atoms with E-state index in [4.69, 9.17) is 4.74 Å². The summed E-state index contributed by atoms with van der Waals surface area (Å²) >= 11 is 1.01. The van der Waals surface area contributed by atoms with Gasteiger partial charge in [0.05, 0.1) is 12.4 Å². The fraction of sp³-hybridized carbons (Fsp3) is 0.375. The number of rotatable bonds is 4. The van der Waals surface area contributed by atoms with Crippen LogP contribution in [-0.2, 0) is 16.0 Å². The molecular weight excluding hydrogens is 346 g/mol. The number of nitrogens with one attached hydrogen (secondary N) is 1. The minimum atomic E-state index is -1.10. The topological polar surface area (TPSA) is 108 Å². The number of carbonyl (C=O) groups excluding carboxylic acids is 2. The number of amides is 2. The summed E-state index contributed by atoms with van der Waals surface area (Å²) in [6, 6.07) is 7.43. The van der Waals surface area contributed by atoms with Crippen molar-refractivity contribution >= 4 is 35.4 Å². The van der Waals surface area contributed by atoms with E-state index in [0.717, 1.165) is 22.9 Å². The summed E-state index contributed by atoms with van der Waals surface area (Å²) in [5.41, 5.74) is 1.76. The first-order valence-electron chi connectivity index (χ1n) is 7.72. The average molecular weight is 365 g/mol. The number of aldehydes is 1. The first-order valence-corrected chi connectivity index (χ1v) is 8.70. The predicted octanol–water partition coefficient (Wildman–Crippen LogP) is 2.26. The summed E-state index contributed by atoms with van der Waals surface area (Å²) < 4.78 is 4.82. The van der Waals surface area contributed by atoms with Crippen LogP contribution in [0.4, 0.5) is 9.59 Å². The van der Waals surface area contributed by atoms with Gasteiger partial charge >= 0.3 is 12.2 Å². The Bertz CT molecular complexity index is 679. The van der Waals surface area contributed by atoms with E-state index in [1.54, 1.807) is 6.92 Å². The molecule has 2 amide bonds. The van der Waals surface area contributed by atoms with Crippen LogP contribution in [0.1, 0.15) is 24.2 Å². The Morgan fingerprint density at radius 1 is 1.48 bits per heavy atom. The molecule has 1 unspecified atom stereocenters. The van der Waals surface area contributed by atoms with Crippen molar-refractivity contribution < 1.29 is 24.2 Å². The Hall–Kier alpha value is -2.55. The minimum Gasteiger partial charge on any atom is -0.465 e. The number of amidine groups is 1. The van der Waals surface area contributed by atoms with Gasteiger partial charge in [-0.15, -0.1) is 0 Å². The van der Waals surface area contributed by atoms with Crippen LogP contribution in [0.2, 0.25) is 0 Å². The highest BCUT2D eigenvalue weighted by Gasteiger charge is 2.30. The van der Waals surface area contributed by atoms with E-state index in [9.17, 15) is 19.5 Å². The van der Waals surface area contributed by atoms with Gasteiger partial charge in [0.25, 0.3) is 0 Å². The second-order valence-corrected chi connectivity index (χ2v) is 6.06. The molecule has 8 nitrogen and oxygen atoms in total. The van der Waals surface area contributed by atoms with Crippen LogP contribution in [0.15, 0.2) is 29.3 Å². The van der Waals surface area contributed by atoms with E-state index < -0.39 is 18.4 Å². The van der Waals surface area contributed by atoms with Crippen LogP contribution >= 0.6 is 11.8 Å². The molecule has 1 aliphatic rings. The Kier molecular flexibility index (Phi) is 6.81. The maximum absolute atomic E-state index is 11.7. The molecule has 2 N–H and O–H groups in total. The molecule has 134 valence electrons. The molecule has 0 saturated carbocycles. The first kappa shape index (κ1) is 18.8. The predicted molar refractivity (Wildman–Crippen MR) is 93.7 cm³/mol. The maximum atomic E-state index is 11.7. The number of nitrogens with zero attached hydrogens (tertiary/aromatic N) is 2. The van der Waals surface area contributed by atoms with Crippen LogP contribution in [0, 0.1) is 0 Å². The number of alkyl carbamates (subject to hydrolysis) is 1. The van der Waals surface area contributed by atoms with E-state index in [2.05, 4.69) is 10.3 Å². The molecule has 1 aliphatic heterocycles. The van der Waals surface area contributed by atoms with E-state index in [1.165, 1.54) is 4.90 Å². The van der Waals surface area contributed by atoms with Crippen molar-refractivity contribution in [2.75, 3.05) is 18.9 Å². The summed E-state index contributed by atoms with van der Waals surface area (Å²) in [5, 5.41) is 12.1. The molecule has 0 aromatic heterocycles. The monoisotopic (exact) mass is 365 g/mol. The molecule has 25 heavy (non-hydrogen) atoms. The summed E-state index contributed by atoms with van der Waals surface area (Å²) in [4.78, 5) is 39.5. The van der Waals surface area contributed by atoms with Crippen LogP contribution in [0.25, 0.3) is 0 Å². The summed E-state index contributed by atoms with van der Waals surface area (Å²) in [6.45, 7) is 2.15. The lowest BCUT2D eigenvalue weighted by Crippen LogP contribution is -2.40. The number of thioether (sulfide) groups is 1. The number of hydrogen-bond donors (Lipinski definition) is 2. The zero-order chi connectivity index (χ0) is 18.2. The molecule has 0 saturated heterocycles. The Morgan fingerprint density at radius 2 is 2.24 bits per heavy atom. The zero-order valence-corrected chi connectivity index (χ0v) is 14.5. The Balaban J connectivity index is 2.36. The molecule has 9 heteroatoms. The van der Waals surface area contributed by atoms with E-state index >= 15 is 0 Å². The third kappa shape index (κ3) is 4.96. The van der Waals surface area contributed by atoms with Crippen molar-refractivity contribution in [2.45, 2.75) is 19.5 Å². The van der Waals surface area contributed by atoms with Gasteiger partial charge in [0.15, 0.2) is 11.3 Å². The van der Waals surface area contributed by atoms with Gasteiger partial charge in [-0.3, -0.25) is 10.2 Å². The first-order chi connectivity index (χ1) is 12.1. The molecule has 1 heterocycles. The van der Waals surface area contributed by atoms with Crippen molar-refractivity contribution in [1.29, 1.82) is 0 Å². The highest BCUT2D eigenvalue weighted by Crippen LogP contribution is 2.31. The molecule has 0 fully saturated rings. The molecule has 1 atom stereocenters. The van der Waals surface area contributed by atoms with Crippen LogP contribution < -0.4 is 5.32 Å². The number of carbonyl (C=O) groups is 3. The Morgan fingerprint density at radius 3 is 2.92 bits per heavy atom. The van der Waals surface area contributed by atoms with Crippen molar-refractivity contribution in [3.05, 3.63) is 35.4 Å². The third-order valence-corrected chi connectivity index (χ3v) is 4.29. The van der Waals surface area contributed by atoms with Crippen molar-refractivity contribution in [1.82, 2.24) is 10.2 Å². The molecule has 2 rings (SSSR count). The third-order valence-electron chi connectivity index (χ3n) is 3.51. The molecule has 0 spiro atoms. The average Bonchev–Trinajstić information content (AvgIpc) is 2.59. The molecular formula is C16H19N3O5S. The molecule has 0 radical (unpaired) electrons. The number of ether oxygens (including phenoxy) is 1. The number of carboxylic acid groups (broad SMARTS) is 1. The van der Waals surface area contributed by atoms with Crippen molar-refractivity contribution in [3.8, 4) is 0 Å². The lowest BCUT2D eigenvalue weighted by Gasteiger charge is -2.33. The van der Waals surface area contributed by atoms with Gasteiger partial charge in [-0.1, -0.05) is 36.0 Å². The number of hydrogen-bond acceptors (Lipinski definition) is 6. The normalized spacial score (nSPS) is 16.8. The zero-order valence-electron chi connectivity index (χ0n) is 13.7. The standard InChI is InChI=1S/C16H19N3O5S/c1-2-24-15(21)18-14(25-10-9-20)17-13-12-6-4-3-5-11(12)7-8-19(13)16(22)23/h3-6,9,13H,2,7-8,10H2,1H3,(H,22,23)(H,17,18,21). The van der Waals surface area contributed by atoms with Crippen molar-refractivity contribution in [2.24, 2.45) is 4.99 Å². The van der Waals surface area contributed by atoms with Gasteiger partial charge in [0, 0.05) is 12.1 Å².